The summed E-state index contributed by atoms with van der Waals surface area (Å²) in [5.74, 6) is 0. The largest absolute Gasteiger partial charge is 0.394 e. The van der Waals surface area contributed by atoms with Gasteiger partial charge >= 0.3 is 8.56 Å². The van der Waals surface area contributed by atoms with Crippen molar-refractivity contribution in [3.8, 4) is 0 Å². The Bertz CT molecular complexity index is 311. The van der Waals surface area contributed by atoms with E-state index in [0.717, 1.165) is 44.2 Å². The lowest BCUT2D eigenvalue weighted by Gasteiger charge is -2.26. The highest BCUT2D eigenvalue weighted by Crippen LogP contribution is 2.17. The minimum absolute atomic E-state index is 0.800. The first-order chi connectivity index (χ1) is 8.70. The summed E-state index contributed by atoms with van der Waals surface area (Å²) in [5.41, 5.74) is 1.12. The molecule has 0 aliphatic heterocycles. The molecule has 0 aliphatic rings. The van der Waals surface area contributed by atoms with E-state index in [9.17, 15) is 0 Å². The lowest BCUT2D eigenvalue weighted by Crippen LogP contribution is -2.39. The van der Waals surface area contributed by atoms with E-state index in [4.69, 9.17) is 8.85 Å². The van der Waals surface area contributed by atoms with Gasteiger partial charge in [0.1, 0.15) is 0 Å². The van der Waals surface area contributed by atoms with E-state index in [2.05, 4.69) is 31.4 Å². The van der Waals surface area contributed by atoms with Crippen LogP contribution in [0.5, 0.6) is 0 Å². The number of aryl methyl sites for hydroxylation is 1. The Morgan fingerprint density at radius 3 is 2.28 bits per heavy atom. The molecule has 0 spiro atoms. The van der Waals surface area contributed by atoms with E-state index in [1.54, 1.807) is 0 Å². The SMILES string of the molecule is CCCO[Si](C)(CCc1ccccn1)OCCC. The van der Waals surface area contributed by atoms with Crippen LogP contribution >= 0.6 is 0 Å². The van der Waals surface area contributed by atoms with Crippen molar-refractivity contribution in [1.29, 1.82) is 0 Å². The summed E-state index contributed by atoms with van der Waals surface area (Å²) in [7, 11) is -2.01. The summed E-state index contributed by atoms with van der Waals surface area (Å²) < 4.78 is 12.0. The lowest BCUT2D eigenvalue weighted by atomic mass is 10.3. The number of rotatable bonds is 9. The van der Waals surface area contributed by atoms with Crippen LogP contribution in [-0.2, 0) is 15.3 Å². The monoisotopic (exact) mass is 267 g/mol. The van der Waals surface area contributed by atoms with E-state index in [-0.39, 0.29) is 0 Å². The standard InChI is InChI=1S/C14H25NO2Si/c1-4-11-16-18(3,17-12-5-2)13-9-14-8-6-7-10-15-14/h6-8,10H,4-5,9,11-13H2,1-3H3. The van der Waals surface area contributed by atoms with Gasteiger partial charge in [0.15, 0.2) is 0 Å². The molecule has 0 aromatic carbocycles. The maximum atomic E-state index is 5.99. The Morgan fingerprint density at radius 2 is 1.78 bits per heavy atom. The molecule has 1 aromatic heterocycles. The van der Waals surface area contributed by atoms with Crippen molar-refractivity contribution in [3.05, 3.63) is 30.1 Å². The van der Waals surface area contributed by atoms with E-state index in [1.807, 2.05) is 18.3 Å². The van der Waals surface area contributed by atoms with Gasteiger partial charge in [-0.25, -0.2) is 0 Å². The molecule has 18 heavy (non-hydrogen) atoms. The molecule has 0 N–H and O–H groups in total. The van der Waals surface area contributed by atoms with Crippen molar-refractivity contribution in [2.24, 2.45) is 0 Å². The summed E-state index contributed by atoms with van der Waals surface area (Å²) in [6.45, 7) is 8.03. The average Bonchev–Trinajstić information content (AvgIpc) is 2.42. The molecule has 0 saturated carbocycles. The number of hydrogen-bond acceptors (Lipinski definition) is 3. The maximum absolute atomic E-state index is 5.99. The van der Waals surface area contributed by atoms with Crippen LogP contribution in [0.1, 0.15) is 32.4 Å². The molecule has 102 valence electrons. The van der Waals surface area contributed by atoms with Crippen LogP contribution in [-0.4, -0.2) is 26.8 Å². The second-order valence-corrected chi connectivity index (χ2v) is 8.00. The zero-order valence-electron chi connectivity index (χ0n) is 11.8. The van der Waals surface area contributed by atoms with Gasteiger partial charge < -0.3 is 8.85 Å². The van der Waals surface area contributed by atoms with Crippen LogP contribution in [0.4, 0.5) is 0 Å². The molecule has 0 aliphatic carbocycles. The summed E-state index contributed by atoms with van der Waals surface area (Å²) in [5, 5.41) is 0. The minimum atomic E-state index is -2.01. The van der Waals surface area contributed by atoms with E-state index in [0.29, 0.717) is 0 Å². The molecule has 0 atom stereocenters. The van der Waals surface area contributed by atoms with Crippen molar-refractivity contribution in [1.82, 2.24) is 4.98 Å². The van der Waals surface area contributed by atoms with Crippen molar-refractivity contribution >= 4 is 8.56 Å². The maximum Gasteiger partial charge on any atom is 0.335 e. The predicted molar refractivity (Wildman–Crippen MR) is 76.9 cm³/mol. The summed E-state index contributed by atoms with van der Waals surface area (Å²) in [6.07, 6.45) is 4.87. The molecule has 0 unspecified atom stereocenters. The topological polar surface area (TPSA) is 31.4 Å². The third-order valence-electron chi connectivity index (χ3n) is 2.78. The fourth-order valence-corrected chi connectivity index (χ4v) is 4.08. The second kappa shape index (κ2) is 8.40. The summed E-state index contributed by atoms with van der Waals surface area (Å²) in [4.78, 5) is 4.35. The normalized spacial score (nSPS) is 11.7. The first-order valence-corrected chi connectivity index (χ1v) is 9.40. The molecular formula is C14H25NO2Si. The summed E-state index contributed by atoms with van der Waals surface area (Å²) in [6, 6.07) is 7.01. The van der Waals surface area contributed by atoms with Gasteiger partial charge in [0.25, 0.3) is 0 Å². The van der Waals surface area contributed by atoms with Crippen molar-refractivity contribution in [2.45, 2.75) is 45.7 Å². The fraction of sp³-hybridized carbons (Fsp3) is 0.643. The van der Waals surface area contributed by atoms with Crippen LogP contribution in [0.25, 0.3) is 0 Å². The van der Waals surface area contributed by atoms with E-state index in [1.165, 1.54) is 0 Å². The number of hydrogen-bond donors (Lipinski definition) is 0. The molecular weight excluding hydrogens is 242 g/mol. The quantitative estimate of drug-likeness (QED) is 0.641. The number of nitrogens with zero attached hydrogens (tertiary/aromatic N) is 1. The Labute approximate surface area is 112 Å². The zero-order valence-corrected chi connectivity index (χ0v) is 12.8. The second-order valence-electron chi connectivity index (χ2n) is 4.65. The molecule has 0 saturated heterocycles. The first kappa shape index (κ1) is 15.3. The van der Waals surface area contributed by atoms with E-state index >= 15 is 0 Å². The van der Waals surface area contributed by atoms with Gasteiger partial charge in [0, 0.05) is 25.1 Å². The highest BCUT2D eigenvalue weighted by atomic mass is 28.4. The smallest absolute Gasteiger partial charge is 0.335 e. The molecule has 4 heteroatoms. The Balaban J connectivity index is 2.49. The molecule has 0 bridgehead atoms. The predicted octanol–water partition coefficient (Wildman–Crippen LogP) is 3.55. The molecule has 1 rings (SSSR count). The first-order valence-electron chi connectivity index (χ1n) is 6.88. The molecule has 0 radical (unpaired) electrons. The molecule has 0 amide bonds. The van der Waals surface area contributed by atoms with Crippen LogP contribution in [0.15, 0.2) is 24.4 Å². The Kier molecular flexibility index (Phi) is 7.16. The number of aromatic nitrogens is 1. The van der Waals surface area contributed by atoms with Gasteiger partial charge in [-0.15, -0.1) is 0 Å². The summed E-state index contributed by atoms with van der Waals surface area (Å²) >= 11 is 0. The van der Waals surface area contributed by atoms with Gasteiger partial charge in [0.2, 0.25) is 0 Å². The van der Waals surface area contributed by atoms with E-state index < -0.39 is 8.56 Å². The third-order valence-corrected chi connectivity index (χ3v) is 5.57. The number of pyridine rings is 1. The van der Waals surface area contributed by atoms with Crippen LogP contribution in [0.3, 0.4) is 0 Å². The average molecular weight is 267 g/mol. The van der Waals surface area contributed by atoms with Crippen LogP contribution in [0, 0.1) is 0 Å². The Morgan fingerprint density at radius 1 is 1.11 bits per heavy atom. The van der Waals surface area contributed by atoms with Gasteiger partial charge in [0.05, 0.1) is 0 Å². The lowest BCUT2D eigenvalue weighted by molar-refractivity contribution is 0.173. The zero-order chi connectivity index (χ0) is 13.3. The molecule has 1 heterocycles. The Hall–Kier alpha value is -0.713. The minimum Gasteiger partial charge on any atom is -0.394 e. The fourth-order valence-electron chi connectivity index (χ4n) is 1.72. The van der Waals surface area contributed by atoms with Crippen molar-refractivity contribution in [3.63, 3.8) is 0 Å². The van der Waals surface area contributed by atoms with Crippen molar-refractivity contribution in [2.75, 3.05) is 13.2 Å². The van der Waals surface area contributed by atoms with Gasteiger partial charge in [-0.2, -0.15) is 0 Å². The molecule has 1 aromatic rings. The van der Waals surface area contributed by atoms with Gasteiger partial charge in [-0.05, 0) is 44.0 Å². The van der Waals surface area contributed by atoms with Gasteiger partial charge in [-0.1, -0.05) is 19.9 Å². The van der Waals surface area contributed by atoms with Crippen LogP contribution in [0.2, 0.25) is 12.6 Å². The van der Waals surface area contributed by atoms with Crippen LogP contribution < -0.4 is 0 Å². The third kappa shape index (κ3) is 5.75. The molecule has 3 nitrogen and oxygen atoms in total. The molecule has 0 fully saturated rings. The van der Waals surface area contributed by atoms with Crippen molar-refractivity contribution < 1.29 is 8.85 Å². The highest BCUT2D eigenvalue weighted by Gasteiger charge is 2.30. The van der Waals surface area contributed by atoms with Gasteiger partial charge in [-0.3, -0.25) is 4.98 Å². The highest BCUT2D eigenvalue weighted by molar-refractivity contribution is 6.66.